The number of rotatable bonds is 3. The zero-order valence-corrected chi connectivity index (χ0v) is 10.4. The molecular formula is C12H19N3O2. The third-order valence-corrected chi connectivity index (χ3v) is 3.45. The number of nitrogens with zero attached hydrogens (tertiary/aromatic N) is 2. The Kier molecular flexibility index (Phi) is 3.47. The van der Waals surface area contributed by atoms with Crippen LogP contribution in [0.25, 0.3) is 0 Å². The molecule has 0 radical (unpaired) electrons. The van der Waals surface area contributed by atoms with Gasteiger partial charge in [-0.1, -0.05) is 12.8 Å². The van der Waals surface area contributed by atoms with Crippen molar-refractivity contribution in [1.82, 2.24) is 14.5 Å². The molecule has 1 saturated carbocycles. The van der Waals surface area contributed by atoms with Gasteiger partial charge in [-0.3, -0.25) is 9.36 Å². The van der Waals surface area contributed by atoms with E-state index in [0.717, 1.165) is 4.57 Å². The number of aromatic nitrogens is 2. The fraction of sp³-hybridized carbons (Fsp3) is 0.667. The first-order valence-corrected chi connectivity index (χ1v) is 6.08. The smallest absolute Gasteiger partial charge is 0.310 e. The van der Waals surface area contributed by atoms with Gasteiger partial charge in [0.05, 0.1) is 0 Å². The summed E-state index contributed by atoms with van der Waals surface area (Å²) in [7, 11) is 3.19. The molecule has 1 N–H and O–H groups in total. The summed E-state index contributed by atoms with van der Waals surface area (Å²) in [5.74, 6) is 0. The van der Waals surface area contributed by atoms with Crippen LogP contribution in [0.5, 0.6) is 0 Å². The van der Waals surface area contributed by atoms with E-state index < -0.39 is 0 Å². The van der Waals surface area contributed by atoms with Gasteiger partial charge in [-0.2, -0.15) is 0 Å². The van der Waals surface area contributed by atoms with Crippen molar-refractivity contribution in [3.8, 4) is 0 Å². The van der Waals surface area contributed by atoms with E-state index in [1.165, 1.54) is 37.3 Å². The standard InChI is InChI=1S/C12H19N3O2/c1-14-8-9(11(16)15(2)12(14)17)7-13-10-5-3-4-6-10/h8,10,13H,3-7H2,1-2H3. The maximum absolute atomic E-state index is 11.9. The Hall–Kier alpha value is -1.36. The second-order valence-corrected chi connectivity index (χ2v) is 4.77. The van der Waals surface area contributed by atoms with Crippen molar-refractivity contribution in [3.05, 3.63) is 32.6 Å². The average Bonchev–Trinajstić information content (AvgIpc) is 2.82. The van der Waals surface area contributed by atoms with Crippen LogP contribution in [0.3, 0.4) is 0 Å². The minimum Gasteiger partial charge on any atom is -0.310 e. The van der Waals surface area contributed by atoms with E-state index in [1.54, 1.807) is 13.2 Å². The third kappa shape index (κ3) is 2.49. The van der Waals surface area contributed by atoms with Gasteiger partial charge in [-0.15, -0.1) is 0 Å². The molecule has 1 aromatic rings. The van der Waals surface area contributed by atoms with Gasteiger partial charge in [-0.25, -0.2) is 4.79 Å². The topological polar surface area (TPSA) is 56.0 Å². The SMILES string of the molecule is Cn1cc(CNC2CCCC2)c(=O)n(C)c1=O. The van der Waals surface area contributed by atoms with Gasteiger partial charge in [0.1, 0.15) is 0 Å². The Bertz CT molecular complexity index is 509. The lowest BCUT2D eigenvalue weighted by Crippen LogP contribution is -2.40. The van der Waals surface area contributed by atoms with E-state index in [4.69, 9.17) is 0 Å². The van der Waals surface area contributed by atoms with Gasteiger partial charge in [0.25, 0.3) is 5.56 Å². The zero-order valence-electron chi connectivity index (χ0n) is 10.4. The normalized spacial score (nSPS) is 16.6. The van der Waals surface area contributed by atoms with Crippen LogP contribution in [-0.2, 0) is 20.6 Å². The molecule has 0 bridgehead atoms. The summed E-state index contributed by atoms with van der Waals surface area (Å²) in [6.07, 6.45) is 6.54. The first kappa shape index (κ1) is 12.1. The van der Waals surface area contributed by atoms with Crippen LogP contribution in [0, 0.1) is 0 Å². The third-order valence-electron chi connectivity index (χ3n) is 3.45. The van der Waals surface area contributed by atoms with Gasteiger partial charge in [0, 0.05) is 38.4 Å². The highest BCUT2D eigenvalue weighted by molar-refractivity contribution is 5.05. The number of hydrogen-bond donors (Lipinski definition) is 1. The highest BCUT2D eigenvalue weighted by Gasteiger charge is 2.15. The largest absolute Gasteiger partial charge is 0.330 e. The molecule has 5 heteroatoms. The highest BCUT2D eigenvalue weighted by Crippen LogP contribution is 2.17. The number of aryl methyl sites for hydroxylation is 1. The van der Waals surface area contributed by atoms with Crippen molar-refractivity contribution in [2.24, 2.45) is 14.1 Å². The summed E-state index contributed by atoms with van der Waals surface area (Å²) >= 11 is 0. The maximum Gasteiger partial charge on any atom is 0.330 e. The van der Waals surface area contributed by atoms with Crippen molar-refractivity contribution in [2.45, 2.75) is 38.3 Å². The van der Waals surface area contributed by atoms with Crippen molar-refractivity contribution in [3.63, 3.8) is 0 Å². The molecular weight excluding hydrogens is 218 g/mol. The Morgan fingerprint density at radius 1 is 1.29 bits per heavy atom. The Morgan fingerprint density at radius 2 is 1.94 bits per heavy atom. The predicted octanol–water partition coefficient (Wildman–Crippen LogP) is 0.116. The molecule has 1 fully saturated rings. The molecule has 5 nitrogen and oxygen atoms in total. The molecule has 0 atom stereocenters. The molecule has 1 aliphatic rings. The minimum absolute atomic E-state index is 0.196. The molecule has 0 amide bonds. The minimum atomic E-state index is -0.278. The van der Waals surface area contributed by atoms with E-state index >= 15 is 0 Å². The van der Waals surface area contributed by atoms with Crippen LogP contribution in [0.4, 0.5) is 0 Å². The van der Waals surface area contributed by atoms with E-state index in [-0.39, 0.29) is 11.2 Å². The second kappa shape index (κ2) is 4.87. The Balaban J connectivity index is 2.15. The zero-order chi connectivity index (χ0) is 12.4. The van der Waals surface area contributed by atoms with Crippen LogP contribution >= 0.6 is 0 Å². The van der Waals surface area contributed by atoms with Crippen molar-refractivity contribution in [2.75, 3.05) is 0 Å². The lowest BCUT2D eigenvalue weighted by molar-refractivity contribution is 0.515. The fourth-order valence-corrected chi connectivity index (χ4v) is 2.39. The molecule has 1 aromatic heterocycles. The molecule has 0 aromatic carbocycles. The Morgan fingerprint density at radius 3 is 2.59 bits per heavy atom. The van der Waals surface area contributed by atoms with Crippen LogP contribution in [0.15, 0.2) is 15.8 Å². The quantitative estimate of drug-likeness (QED) is 0.812. The molecule has 94 valence electrons. The van der Waals surface area contributed by atoms with Gasteiger partial charge in [0.15, 0.2) is 0 Å². The summed E-state index contributed by atoms with van der Waals surface area (Å²) in [6, 6.07) is 0.525. The van der Waals surface area contributed by atoms with E-state index in [0.29, 0.717) is 18.2 Å². The van der Waals surface area contributed by atoms with Crippen LogP contribution in [-0.4, -0.2) is 15.2 Å². The van der Waals surface area contributed by atoms with Crippen molar-refractivity contribution >= 4 is 0 Å². The van der Waals surface area contributed by atoms with Gasteiger partial charge in [-0.05, 0) is 12.8 Å². The molecule has 0 unspecified atom stereocenters. The molecule has 0 saturated heterocycles. The summed E-state index contributed by atoms with van der Waals surface area (Å²) in [5, 5.41) is 3.38. The molecule has 1 aliphatic carbocycles. The van der Waals surface area contributed by atoms with Gasteiger partial charge < -0.3 is 9.88 Å². The molecule has 2 rings (SSSR count). The monoisotopic (exact) mass is 237 g/mol. The predicted molar refractivity (Wildman–Crippen MR) is 66.0 cm³/mol. The van der Waals surface area contributed by atoms with E-state index in [2.05, 4.69) is 5.32 Å². The number of hydrogen-bond acceptors (Lipinski definition) is 3. The number of nitrogens with one attached hydrogen (secondary N) is 1. The first-order valence-electron chi connectivity index (χ1n) is 6.08. The van der Waals surface area contributed by atoms with Gasteiger partial charge >= 0.3 is 5.69 Å². The first-order chi connectivity index (χ1) is 8.09. The van der Waals surface area contributed by atoms with Crippen LogP contribution < -0.4 is 16.6 Å². The highest BCUT2D eigenvalue weighted by atomic mass is 16.2. The lowest BCUT2D eigenvalue weighted by Gasteiger charge is -2.12. The summed E-state index contributed by atoms with van der Waals surface area (Å²) < 4.78 is 2.61. The molecule has 0 aliphatic heterocycles. The lowest BCUT2D eigenvalue weighted by atomic mass is 10.2. The molecule has 1 heterocycles. The van der Waals surface area contributed by atoms with E-state index in [1.807, 2.05) is 0 Å². The van der Waals surface area contributed by atoms with E-state index in [9.17, 15) is 9.59 Å². The van der Waals surface area contributed by atoms with Crippen molar-refractivity contribution < 1.29 is 0 Å². The fourth-order valence-electron chi connectivity index (χ4n) is 2.39. The second-order valence-electron chi connectivity index (χ2n) is 4.77. The van der Waals surface area contributed by atoms with Gasteiger partial charge in [0.2, 0.25) is 0 Å². The maximum atomic E-state index is 11.9. The summed E-state index contributed by atoms with van der Waals surface area (Å²) in [6.45, 7) is 0.547. The molecule has 0 spiro atoms. The summed E-state index contributed by atoms with van der Waals surface area (Å²) in [4.78, 5) is 23.4. The average molecular weight is 237 g/mol. The van der Waals surface area contributed by atoms with Crippen LogP contribution in [0.2, 0.25) is 0 Å². The summed E-state index contributed by atoms with van der Waals surface area (Å²) in [5.41, 5.74) is 0.180. The van der Waals surface area contributed by atoms with Crippen LogP contribution in [0.1, 0.15) is 31.2 Å². The Labute approximate surface area is 100 Å². The van der Waals surface area contributed by atoms with Crippen molar-refractivity contribution in [1.29, 1.82) is 0 Å². The molecule has 17 heavy (non-hydrogen) atoms.